The maximum Gasteiger partial charge on any atom is 0.329 e. The molecule has 1 unspecified atom stereocenters. The molecule has 2 saturated heterocycles. The molecule has 3 heterocycles. The molecule has 1 aliphatic carbocycles. The van der Waals surface area contributed by atoms with E-state index in [1.807, 2.05) is 65.0 Å². The van der Waals surface area contributed by atoms with Gasteiger partial charge in [0.25, 0.3) is 11.7 Å². The van der Waals surface area contributed by atoms with Crippen LogP contribution in [-0.2, 0) is 47.7 Å². The Bertz CT molecular complexity index is 1790. The molecule has 4 aliphatic rings. The Balaban J connectivity index is 1.72. The molecule has 0 aromatic heterocycles. The first-order valence-corrected chi connectivity index (χ1v) is 24.4. The van der Waals surface area contributed by atoms with Crippen molar-refractivity contribution in [3.8, 4) is 0 Å². The predicted octanol–water partition coefficient (Wildman–Crippen LogP) is 6.43. The Labute approximate surface area is 393 Å². The van der Waals surface area contributed by atoms with Crippen LogP contribution in [0.4, 0.5) is 0 Å². The highest BCUT2D eigenvalue weighted by Crippen LogP contribution is 2.39. The molecule has 0 aromatic rings. The number of amides is 1. The molecule has 3 N–H and O–H groups in total. The maximum absolute atomic E-state index is 14.4. The molecule has 3 aliphatic heterocycles. The second kappa shape index (κ2) is 25.3. The number of hydrogen-bond donors (Lipinski definition) is 3. The average Bonchev–Trinajstić information content (AvgIpc) is 3.29. The molecular weight excluding hydrogens is 847 g/mol. The van der Waals surface area contributed by atoms with Crippen LogP contribution in [0.5, 0.6) is 0 Å². The Kier molecular flexibility index (Phi) is 21.2. The Morgan fingerprint density at radius 2 is 1.53 bits per heavy atom. The standard InChI is InChI=1S/C52H81NO13/c1-30-17-13-12-14-18-31(2)47(63-10)37(8)42-23-20-36(7)52(61,66-42)49(58)50(59)53-24-16-15-19-39(53)51(60)65-43(33(4)27-38-21-22-40(54)44(28-38)62-9)29-41(55)32(3)26-35(6)46(57)48(64-11)45(56)34(5)25-30/h12-14,17-18,26,30,32-34,36-40,42-44,46-48,54,57,61H,15-16,19-25,27-29H2,1-11H3/b14-12+,17-13+,31-18+,35-26+/t30-,32-,33-,34-,36-,37?,38+,39+,40-,42+,43+,44-,46-,47-,48+,52-/m1/s1. The van der Waals surface area contributed by atoms with Gasteiger partial charge in [-0.05, 0) is 107 Å². The van der Waals surface area contributed by atoms with Crippen LogP contribution in [0.15, 0.2) is 47.6 Å². The Hall–Kier alpha value is -3.37. The smallest absolute Gasteiger partial charge is 0.329 e. The summed E-state index contributed by atoms with van der Waals surface area (Å²) in [4.78, 5) is 72.1. The summed E-state index contributed by atoms with van der Waals surface area (Å²) in [6, 6.07) is -1.15. The number of carbonyl (C=O) groups is 5. The molecule has 0 spiro atoms. The quantitative estimate of drug-likeness (QED) is 0.150. The van der Waals surface area contributed by atoms with Crippen molar-refractivity contribution in [2.75, 3.05) is 27.9 Å². The molecule has 372 valence electrons. The van der Waals surface area contributed by atoms with E-state index in [0.29, 0.717) is 56.9 Å². The average molecular weight is 928 g/mol. The van der Waals surface area contributed by atoms with Gasteiger partial charge in [-0.3, -0.25) is 19.2 Å². The topological polar surface area (TPSA) is 195 Å². The van der Waals surface area contributed by atoms with Gasteiger partial charge in [0, 0.05) is 58.0 Å². The third kappa shape index (κ3) is 13.9. The summed E-state index contributed by atoms with van der Waals surface area (Å²) in [6.45, 7) is 14.7. The molecule has 66 heavy (non-hydrogen) atoms. The summed E-state index contributed by atoms with van der Waals surface area (Å²) in [7, 11) is 4.53. The van der Waals surface area contributed by atoms with Crippen molar-refractivity contribution in [3.05, 3.63) is 47.6 Å². The highest BCUT2D eigenvalue weighted by atomic mass is 16.6. The maximum atomic E-state index is 14.4. The highest BCUT2D eigenvalue weighted by Gasteiger charge is 2.54. The van der Waals surface area contributed by atoms with E-state index >= 15 is 0 Å². The number of esters is 1. The van der Waals surface area contributed by atoms with Gasteiger partial charge in [-0.15, -0.1) is 0 Å². The normalized spacial score (nSPS) is 41.1. The summed E-state index contributed by atoms with van der Waals surface area (Å²) >= 11 is 0. The van der Waals surface area contributed by atoms with Crippen LogP contribution in [-0.4, -0.2) is 132 Å². The number of aliphatic hydroxyl groups excluding tert-OH is 2. The molecule has 1 amide bonds. The first-order valence-electron chi connectivity index (χ1n) is 24.4. The summed E-state index contributed by atoms with van der Waals surface area (Å²) in [6.07, 6.45) is 10.8. The van der Waals surface area contributed by atoms with E-state index in [1.165, 1.54) is 12.0 Å². The Morgan fingerprint density at radius 3 is 2.20 bits per heavy atom. The SMILES string of the molecule is CO[C@@H]1/C(C)=C/C=C/C=C/[C@@H](C)C[C@@H](C)C(=O)[C@H](OC)[C@H](O)/C(C)=C/[C@@H](C)C(=O)C[C@@H]([C@H](C)C[C@@H]2CC[C@@H](O)[C@H](OC)C2)OC(=O)[C@@H]2CCCCN2C(=O)C(=O)[C@]2(O)O[C@@H](CC[C@H]2C)C1C. The number of allylic oxidation sites excluding steroid dienone is 6. The molecule has 14 nitrogen and oxygen atoms in total. The van der Waals surface area contributed by atoms with E-state index in [4.69, 9.17) is 23.7 Å². The number of hydrogen-bond acceptors (Lipinski definition) is 13. The predicted molar refractivity (Wildman–Crippen MR) is 250 cm³/mol. The van der Waals surface area contributed by atoms with Crippen molar-refractivity contribution in [1.29, 1.82) is 0 Å². The first-order chi connectivity index (χ1) is 31.2. The van der Waals surface area contributed by atoms with Crippen LogP contribution in [0, 0.1) is 41.4 Å². The van der Waals surface area contributed by atoms with E-state index in [2.05, 4.69) is 0 Å². The van der Waals surface area contributed by atoms with Crippen molar-refractivity contribution in [3.63, 3.8) is 0 Å². The van der Waals surface area contributed by atoms with Crippen molar-refractivity contribution in [1.82, 2.24) is 4.90 Å². The lowest BCUT2D eigenvalue weighted by Gasteiger charge is -2.44. The fraction of sp³-hybridized carbons (Fsp3) is 0.750. The third-order valence-electron chi connectivity index (χ3n) is 14.9. The van der Waals surface area contributed by atoms with Gasteiger partial charge >= 0.3 is 5.97 Å². The van der Waals surface area contributed by atoms with Crippen molar-refractivity contribution >= 4 is 29.2 Å². The lowest BCUT2D eigenvalue weighted by molar-refractivity contribution is -0.273. The number of fused-ring (bicyclic) bond motifs is 3. The minimum Gasteiger partial charge on any atom is -0.460 e. The zero-order valence-corrected chi connectivity index (χ0v) is 41.5. The number of ether oxygens (including phenoxy) is 5. The lowest BCUT2D eigenvalue weighted by atomic mass is 9.78. The zero-order chi connectivity index (χ0) is 49.0. The number of cyclic esters (lactones) is 1. The first kappa shape index (κ1) is 55.2. The molecule has 0 aromatic carbocycles. The molecule has 16 atom stereocenters. The number of ketones is 3. The number of carbonyl (C=O) groups excluding carboxylic acids is 5. The molecule has 2 bridgehead atoms. The molecule has 14 heteroatoms. The van der Waals surface area contributed by atoms with E-state index < -0.39 is 83.9 Å². The van der Waals surface area contributed by atoms with Crippen LogP contribution in [0.3, 0.4) is 0 Å². The lowest BCUT2D eigenvalue weighted by Crippen LogP contribution is -2.61. The fourth-order valence-electron chi connectivity index (χ4n) is 10.6. The number of nitrogens with zero attached hydrogens (tertiary/aromatic N) is 1. The second-order valence-electron chi connectivity index (χ2n) is 20.1. The monoisotopic (exact) mass is 928 g/mol. The van der Waals surface area contributed by atoms with Gasteiger partial charge in [-0.2, -0.15) is 0 Å². The van der Waals surface area contributed by atoms with E-state index in [0.717, 1.165) is 12.0 Å². The van der Waals surface area contributed by atoms with Gasteiger partial charge in [-0.1, -0.05) is 78.0 Å². The van der Waals surface area contributed by atoms with Crippen LogP contribution in [0.25, 0.3) is 0 Å². The van der Waals surface area contributed by atoms with Gasteiger partial charge in [0.15, 0.2) is 5.78 Å². The number of piperidine rings is 1. The molecule has 4 rings (SSSR count). The van der Waals surface area contributed by atoms with E-state index in [1.54, 1.807) is 41.1 Å². The van der Waals surface area contributed by atoms with Crippen LogP contribution < -0.4 is 0 Å². The van der Waals surface area contributed by atoms with Crippen molar-refractivity contribution in [2.45, 2.75) is 181 Å². The number of rotatable bonds is 6. The summed E-state index contributed by atoms with van der Waals surface area (Å²) < 4.78 is 29.6. The molecule has 3 fully saturated rings. The Morgan fingerprint density at radius 1 is 0.833 bits per heavy atom. The van der Waals surface area contributed by atoms with Crippen molar-refractivity contribution in [2.24, 2.45) is 41.4 Å². The third-order valence-corrected chi connectivity index (χ3v) is 14.9. The minimum atomic E-state index is -2.45. The zero-order valence-electron chi connectivity index (χ0n) is 41.5. The summed E-state index contributed by atoms with van der Waals surface area (Å²) in [5, 5.41) is 34.0. The number of aliphatic hydroxyl groups is 3. The van der Waals surface area contributed by atoms with Crippen LogP contribution >= 0.6 is 0 Å². The molecule has 0 radical (unpaired) electrons. The summed E-state index contributed by atoms with van der Waals surface area (Å²) in [5.41, 5.74) is 1.26. The van der Waals surface area contributed by atoms with Gasteiger partial charge in [0.2, 0.25) is 5.79 Å². The van der Waals surface area contributed by atoms with Gasteiger partial charge < -0.3 is 43.9 Å². The van der Waals surface area contributed by atoms with Crippen molar-refractivity contribution < 1.29 is 63.0 Å². The van der Waals surface area contributed by atoms with E-state index in [9.17, 15) is 39.3 Å². The molecule has 1 saturated carbocycles. The highest BCUT2D eigenvalue weighted by molar-refractivity contribution is 6.39. The van der Waals surface area contributed by atoms with Gasteiger partial charge in [-0.25, -0.2) is 4.79 Å². The molecular formula is C52H81NO13. The van der Waals surface area contributed by atoms with Gasteiger partial charge in [0.05, 0.1) is 24.4 Å². The second-order valence-corrected chi connectivity index (χ2v) is 20.1. The van der Waals surface area contributed by atoms with Gasteiger partial charge in [0.1, 0.15) is 30.1 Å². The minimum absolute atomic E-state index is 0.0147. The largest absolute Gasteiger partial charge is 0.460 e. The number of methoxy groups -OCH3 is 3. The van der Waals surface area contributed by atoms with Crippen LogP contribution in [0.1, 0.15) is 126 Å². The summed E-state index contributed by atoms with van der Waals surface area (Å²) in [5.74, 6) is -8.34. The fourth-order valence-corrected chi connectivity index (χ4v) is 10.6. The van der Waals surface area contributed by atoms with E-state index in [-0.39, 0.29) is 60.7 Å². The number of Topliss-reactive ketones (excluding diaryl/α,β-unsaturated/α-hetero) is 3. The van der Waals surface area contributed by atoms with Crippen LogP contribution in [0.2, 0.25) is 0 Å².